The van der Waals surface area contributed by atoms with Crippen molar-refractivity contribution in [2.24, 2.45) is 29.6 Å². The number of aliphatic hydroxyl groups is 2. The third kappa shape index (κ3) is 6.05. The van der Waals surface area contributed by atoms with Gasteiger partial charge in [-0.25, -0.2) is 0 Å². The van der Waals surface area contributed by atoms with E-state index in [2.05, 4.69) is 19.6 Å². The highest BCUT2D eigenvalue weighted by molar-refractivity contribution is 5.66. The molecule has 0 spiro atoms. The van der Waals surface area contributed by atoms with Crippen LogP contribution in [0.15, 0.2) is 36.5 Å². The van der Waals surface area contributed by atoms with Gasteiger partial charge >= 0.3 is 5.97 Å². The molecule has 1 fully saturated rings. The Labute approximate surface area is 163 Å². The van der Waals surface area contributed by atoms with Gasteiger partial charge in [0.25, 0.3) is 0 Å². The molecule has 0 saturated heterocycles. The molecule has 1 saturated carbocycles. The Kier molecular flexibility index (Phi) is 8.30. The summed E-state index contributed by atoms with van der Waals surface area (Å²) in [6.45, 7) is 7.95. The standard InChI is InChI=1S/C23H36O4/c1-4-5-7-16(3)21(24)11-10-19-20-13-17(12-18(20)14-22(19)25)15(2)8-6-9-23(26)27/h4,10-12,15-16,18-22,24-25H,1,5-9,13-14H2,2-3H3,(H,26,27)/b11-10+/t15?,16?,18?,19-,20?,21?,22-/m1/s1. The molecule has 2 aliphatic rings. The van der Waals surface area contributed by atoms with Gasteiger partial charge in [-0.2, -0.15) is 0 Å². The SMILES string of the molecule is C=CCCC(C)C(O)/C=C/[C@@H]1C2CC(C(C)CCCC(=O)O)=CC2C[C@H]1O. The van der Waals surface area contributed by atoms with E-state index in [0.29, 0.717) is 24.2 Å². The Morgan fingerprint density at radius 3 is 2.78 bits per heavy atom. The molecule has 0 amide bonds. The van der Waals surface area contributed by atoms with Gasteiger partial charge in [0.2, 0.25) is 0 Å². The van der Waals surface area contributed by atoms with E-state index in [9.17, 15) is 15.0 Å². The smallest absolute Gasteiger partial charge is 0.303 e. The highest BCUT2D eigenvalue weighted by atomic mass is 16.4. The van der Waals surface area contributed by atoms with Gasteiger partial charge in [0.05, 0.1) is 12.2 Å². The Balaban J connectivity index is 1.90. The lowest BCUT2D eigenvalue weighted by atomic mass is 9.86. The average molecular weight is 377 g/mol. The predicted octanol–water partition coefficient (Wildman–Crippen LogP) is 4.34. The van der Waals surface area contributed by atoms with E-state index in [0.717, 1.165) is 32.1 Å². The first-order valence-corrected chi connectivity index (χ1v) is 10.4. The molecular formula is C23H36O4. The number of carboxylic acids is 1. The van der Waals surface area contributed by atoms with Crippen molar-refractivity contribution >= 4 is 5.97 Å². The number of fused-ring (bicyclic) bond motifs is 1. The fourth-order valence-corrected chi connectivity index (χ4v) is 4.64. The Morgan fingerprint density at radius 1 is 1.37 bits per heavy atom. The summed E-state index contributed by atoms with van der Waals surface area (Å²) in [5.41, 5.74) is 1.42. The first-order chi connectivity index (χ1) is 12.8. The maximum Gasteiger partial charge on any atom is 0.303 e. The molecule has 4 heteroatoms. The van der Waals surface area contributed by atoms with E-state index >= 15 is 0 Å². The Hall–Kier alpha value is -1.39. The number of carbonyl (C=O) groups is 1. The van der Waals surface area contributed by atoms with Gasteiger partial charge in [0, 0.05) is 12.3 Å². The molecule has 0 heterocycles. The van der Waals surface area contributed by atoms with Crippen LogP contribution in [0.3, 0.4) is 0 Å². The van der Waals surface area contributed by atoms with E-state index in [1.165, 1.54) is 5.57 Å². The molecular weight excluding hydrogens is 340 g/mol. The normalized spacial score (nSPS) is 30.7. The van der Waals surface area contributed by atoms with Crippen molar-refractivity contribution in [2.75, 3.05) is 0 Å². The summed E-state index contributed by atoms with van der Waals surface area (Å²) in [4.78, 5) is 10.7. The Morgan fingerprint density at radius 2 is 2.11 bits per heavy atom. The first-order valence-electron chi connectivity index (χ1n) is 10.4. The summed E-state index contributed by atoms with van der Waals surface area (Å²) in [7, 11) is 0. The van der Waals surface area contributed by atoms with Crippen LogP contribution in [0, 0.1) is 29.6 Å². The molecule has 2 aliphatic carbocycles. The van der Waals surface area contributed by atoms with Crippen LogP contribution in [0.1, 0.15) is 58.8 Å². The van der Waals surface area contributed by atoms with Crippen molar-refractivity contribution in [3.8, 4) is 0 Å². The van der Waals surface area contributed by atoms with Gasteiger partial charge in [0.15, 0.2) is 0 Å². The molecule has 4 nitrogen and oxygen atoms in total. The lowest BCUT2D eigenvalue weighted by Crippen LogP contribution is -2.20. The lowest BCUT2D eigenvalue weighted by molar-refractivity contribution is -0.137. The molecule has 27 heavy (non-hydrogen) atoms. The lowest BCUT2D eigenvalue weighted by Gasteiger charge is -2.21. The molecule has 5 unspecified atom stereocenters. The number of hydrogen-bond donors (Lipinski definition) is 3. The first kappa shape index (κ1) is 21.9. The van der Waals surface area contributed by atoms with Crippen molar-refractivity contribution in [1.29, 1.82) is 0 Å². The van der Waals surface area contributed by atoms with Crippen LogP contribution in [0.25, 0.3) is 0 Å². The van der Waals surface area contributed by atoms with E-state index in [1.807, 2.05) is 25.2 Å². The van der Waals surface area contributed by atoms with Crippen molar-refractivity contribution < 1.29 is 20.1 Å². The number of aliphatic carboxylic acids is 1. The van der Waals surface area contributed by atoms with Crippen LogP contribution in [-0.4, -0.2) is 33.5 Å². The van der Waals surface area contributed by atoms with E-state index < -0.39 is 12.1 Å². The summed E-state index contributed by atoms with van der Waals surface area (Å²) < 4.78 is 0. The minimum absolute atomic E-state index is 0.0937. The minimum atomic E-state index is -0.728. The van der Waals surface area contributed by atoms with Crippen molar-refractivity contribution in [3.63, 3.8) is 0 Å². The van der Waals surface area contributed by atoms with Crippen molar-refractivity contribution in [1.82, 2.24) is 0 Å². The molecule has 7 atom stereocenters. The van der Waals surface area contributed by atoms with E-state index in [1.54, 1.807) is 0 Å². The molecule has 0 aromatic rings. The van der Waals surface area contributed by atoms with Crippen LogP contribution in [0.2, 0.25) is 0 Å². The zero-order valence-corrected chi connectivity index (χ0v) is 16.8. The van der Waals surface area contributed by atoms with E-state index in [4.69, 9.17) is 5.11 Å². The fraction of sp³-hybridized carbons (Fsp3) is 0.696. The van der Waals surface area contributed by atoms with Gasteiger partial charge in [0.1, 0.15) is 0 Å². The molecule has 152 valence electrons. The van der Waals surface area contributed by atoms with Crippen LogP contribution in [-0.2, 0) is 4.79 Å². The zero-order valence-electron chi connectivity index (χ0n) is 16.8. The fourth-order valence-electron chi connectivity index (χ4n) is 4.64. The van der Waals surface area contributed by atoms with Crippen LogP contribution in [0.4, 0.5) is 0 Å². The average Bonchev–Trinajstić information content (AvgIpc) is 3.14. The van der Waals surface area contributed by atoms with Crippen LogP contribution < -0.4 is 0 Å². The largest absolute Gasteiger partial charge is 0.481 e. The monoisotopic (exact) mass is 376 g/mol. The number of hydrogen-bond acceptors (Lipinski definition) is 3. The van der Waals surface area contributed by atoms with Gasteiger partial charge in [-0.1, -0.05) is 43.7 Å². The zero-order chi connectivity index (χ0) is 20.0. The highest BCUT2D eigenvalue weighted by Crippen LogP contribution is 2.49. The molecule has 0 radical (unpaired) electrons. The quantitative estimate of drug-likeness (QED) is 0.469. The summed E-state index contributed by atoms with van der Waals surface area (Å²) in [5.74, 6) is 0.761. The summed E-state index contributed by atoms with van der Waals surface area (Å²) >= 11 is 0. The van der Waals surface area contributed by atoms with Crippen LogP contribution in [0.5, 0.6) is 0 Å². The second kappa shape index (κ2) is 10.2. The third-order valence-electron chi connectivity index (χ3n) is 6.50. The minimum Gasteiger partial charge on any atom is -0.481 e. The molecule has 0 aliphatic heterocycles. The third-order valence-corrected chi connectivity index (χ3v) is 6.50. The van der Waals surface area contributed by atoms with Gasteiger partial charge in [-0.05, 0) is 62.2 Å². The molecule has 0 aromatic heterocycles. The van der Waals surface area contributed by atoms with Crippen molar-refractivity contribution in [3.05, 3.63) is 36.5 Å². The second-order valence-electron chi connectivity index (χ2n) is 8.56. The van der Waals surface area contributed by atoms with Crippen molar-refractivity contribution in [2.45, 2.75) is 71.0 Å². The number of allylic oxidation sites excluding steroid dienone is 3. The maximum atomic E-state index is 10.7. The number of carboxylic acid groups (broad SMARTS) is 1. The predicted molar refractivity (Wildman–Crippen MR) is 108 cm³/mol. The maximum absolute atomic E-state index is 10.7. The topological polar surface area (TPSA) is 77.8 Å². The van der Waals surface area contributed by atoms with Gasteiger partial charge in [-0.3, -0.25) is 4.79 Å². The second-order valence-corrected chi connectivity index (χ2v) is 8.56. The molecule has 2 rings (SSSR count). The number of rotatable bonds is 11. The van der Waals surface area contributed by atoms with Gasteiger partial charge < -0.3 is 15.3 Å². The Bertz CT molecular complexity index is 565. The molecule has 3 N–H and O–H groups in total. The van der Waals surface area contributed by atoms with Gasteiger partial charge in [-0.15, -0.1) is 6.58 Å². The summed E-state index contributed by atoms with van der Waals surface area (Å²) in [5, 5.41) is 29.6. The summed E-state index contributed by atoms with van der Waals surface area (Å²) in [6.07, 6.45) is 12.7. The van der Waals surface area contributed by atoms with Crippen LogP contribution >= 0.6 is 0 Å². The number of aliphatic hydroxyl groups excluding tert-OH is 2. The molecule has 0 aromatic carbocycles. The molecule has 0 bridgehead atoms. The highest BCUT2D eigenvalue weighted by Gasteiger charge is 2.43. The summed E-state index contributed by atoms with van der Waals surface area (Å²) in [6, 6.07) is 0. The van der Waals surface area contributed by atoms with E-state index in [-0.39, 0.29) is 24.4 Å².